The van der Waals surface area contributed by atoms with Crippen molar-refractivity contribution in [3.05, 3.63) is 214 Å². The van der Waals surface area contributed by atoms with Crippen LogP contribution in [0.1, 0.15) is 85.0 Å². The van der Waals surface area contributed by atoms with Crippen LogP contribution in [0.3, 0.4) is 0 Å². The van der Waals surface area contributed by atoms with E-state index < -0.39 is 28.2 Å². The molecule has 20 nitrogen and oxygen atoms in total. The zero-order valence-electron chi connectivity index (χ0n) is 56.6. The molecular formula is C77H80O20W4-4. The van der Waals surface area contributed by atoms with Gasteiger partial charge in [0.25, 0.3) is 0 Å². The van der Waals surface area contributed by atoms with E-state index in [1.165, 1.54) is 35.8 Å². The molecule has 1 atom stereocenters. The third-order valence-corrected chi connectivity index (χ3v) is 17.1. The Morgan fingerprint density at radius 1 is 0.386 bits per heavy atom. The third kappa shape index (κ3) is 22.7. The zero-order valence-corrected chi connectivity index (χ0v) is 68.3. The zero-order chi connectivity index (χ0) is 66.9. The minimum Gasteiger partial charge on any atom is -0.468 e. The van der Waals surface area contributed by atoms with E-state index in [1.807, 2.05) is 121 Å². The predicted molar refractivity (Wildman–Crippen MR) is 357 cm³/mol. The van der Waals surface area contributed by atoms with Crippen LogP contribution in [0.15, 0.2) is 146 Å². The summed E-state index contributed by atoms with van der Waals surface area (Å²) in [4.78, 5) is 52.3. The Morgan fingerprint density at radius 3 is 0.960 bits per heavy atom. The van der Waals surface area contributed by atoms with E-state index in [2.05, 4.69) is 27.7 Å². The van der Waals surface area contributed by atoms with Crippen LogP contribution in [0.25, 0.3) is 24.3 Å². The molecule has 2 aliphatic carbocycles. The van der Waals surface area contributed by atoms with Gasteiger partial charge in [-0.3, -0.25) is 0 Å². The molecule has 6 aliphatic rings. The van der Waals surface area contributed by atoms with Gasteiger partial charge in [-0.2, -0.15) is 9.78 Å². The van der Waals surface area contributed by atoms with Gasteiger partial charge in [-0.1, -0.05) is 180 Å². The van der Waals surface area contributed by atoms with Gasteiger partial charge in [0, 0.05) is 102 Å². The van der Waals surface area contributed by atoms with Crippen LogP contribution in [-0.2, 0) is 158 Å². The quantitative estimate of drug-likeness (QED) is 0.00525. The van der Waals surface area contributed by atoms with E-state index in [4.69, 9.17) is 85.9 Å². The van der Waals surface area contributed by atoms with Gasteiger partial charge in [-0.15, -0.1) is 0 Å². The van der Waals surface area contributed by atoms with E-state index in [0.717, 1.165) is 44.5 Å². The smallest absolute Gasteiger partial charge is 0.336 e. The number of rotatable bonds is 36. The Labute approximate surface area is 647 Å². The maximum Gasteiger partial charge on any atom is 0.336 e. The van der Waals surface area contributed by atoms with Crippen LogP contribution in [0.2, 0.25) is 0 Å². The fourth-order valence-corrected chi connectivity index (χ4v) is 12.1. The SMILES string of the molecule is CC1(C)CC2(CC(C)(C)c3cc(OC(=O)/C=C/c4ccc(OCOC[C-]5COC5)cc4)c(OC(=O)/C=C/c4ccc(OCOC[C-]5COC5)cc4)cc32)c2cc(OOC/C=C\c3ccc(OCOC[C-]4COC4)cc3)c(OOC/C=C/c3ccc(OCOC[C-]4COC4)cc3)cc21.[W].[W].[W].[W]. The first kappa shape index (κ1) is 81.0. The van der Waals surface area contributed by atoms with E-state index in [0.29, 0.717) is 121 Å². The minimum atomic E-state index is -0.694. The number of hydrogen-bond acceptors (Lipinski definition) is 20. The van der Waals surface area contributed by atoms with Crippen LogP contribution in [0.4, 0.5) is 0 Å². The van der Waals surface area contributed by atoms with Gasteiger partial charge >= 0.3 is 11.9 Å². The Hall–Kier alpha value is -5.63. The third-order valence-electron chi connectivity index (χ3n) is 17.1. The molecule has 536 valence electrons. The minimum absolute atomic E-state index is 0. The number of carbonyl (C=O) groups excluding carboxylic acids is 2. The summed E-state index contributed by atoms with van der Waals surface area (Å²) in [6.07, 6.45) is 14.7. The van der Waals surface area contributed by atoms with Gasteiger partial charge in [0.2, 0.25) is 11.5 Å². The molecule has 0 saturated carbocycles. The van der Waals surface area contributed by atoms with Crippen molar-refractivity contribution in [2.75, 3.05) is 120 Å². The molecule has 0 bridgehead atoms. The average Bonchev–Trinajstić information content (AvgIpc) is 1.53. The van der Waals surface area contributed by atoms with Crippen LogP contribution in [0, 0.1) is 23.7 Å². The predicted octanol–water partition coefficient (Wildman–Crippen LogP) is 12.4. The van der Waals surface area contributed by atoms with Crippen LogP contribution < -0.4 is 38.2 Å². The summed E-state index contributed by atoms with van der Waals surface area (Å²) in [6, 6.07) is 37.3. The van der Waals surface area contributed by atoms with Crippen LogP contribution in [0.5, 0.6) is 46.0 Å². The molecule has 4 saturated heterocycles. The molecule has 12 rings (SSSR count). The maximum absolute atomic E-state index is 14.1. The van der Waals surface area contributed by atoms with E-state index in [9.17, 15) is 9.59 Å². The van der Waals surface area contributed by atoms with Crippen LogP contribution >= 0.6 is 0 Å². The van der Waals surface area contributed by atoms with E-state index in [-0.39, 0.29) is 142 Å². The molecule has 0 N–H and O–H groups in total. The molecule has 0 radical (unpaired) electrons. The van der Waals surface area contributed by atoms with Gasteiger partial charge in [0.1, 0.15) is 36.2 Å². The molecule has 0 aromatic heterocycles. The van der Waals surface area contributed by atoms with Crippen molar-refractivity contribution in [2.24, 2.45) is 0 Å². The van der Waals surface area contributed by atoms with E-state index in [1.54, 1.807) is 36.4 Å². The Kier molecular flexibility index (Phi) is 31.7. The second-order valence-corrected chi connectivity index (χ2v) is 25.6. The summed E-state index contributed by atoms with van der Waals surface area (Å²) < 4.78 is 78.6. The number of fused-ring (bicyclic) bond motifs is 4. The molecule has 4 aliphatic heterocycles. The summed E-state index contributed by atoms with van der Waals surface area (Å²) in [5.41, 5.74) is 5.43. The second-order valence-electron chi connectivity index (χ2n) is 25.6. The standard InChI is InChI=1S/C77H80O20.4W/c1-75(2)47-77(67-33-70(95-74(79)28-18-56-15-25-64(26-16-56)91-52-87-46-60-41-83-42-60)69(31-65(67)75)94-73(78)27-17-55-13-23-63(24-14-55)90-51-86-45-59-39-82-40-59)48-76(3,4)66-32-71(96-92-29-5-7-53-9-19-61(20-10-53)88-49-84-43-57-35-80-36-57)72(34-68(66)77)97-93-30-6-8-54-11-21-62(22-12-54)89-50-85-44-58-37-81-38-58;;;;/h5-28,31-34H,29-30,35-52H2,1-4H3;;;;/q-4;;;;/b7-5+,8-6-,27-17+,28-18+;;;;. The van der Waals surface area contributed by atoms with Crippen LogP contribution in [-0.4, -0.2) is 132 Å². The molecule has 4 fully saturated rings. The molecule has 1 unspecified atom stereocenters. The van der Waals surface area contributed by atoms with Crippen molar-refractivity contribution in [1.29, 1.82) is 0 Å². The molecular weight excluding hydrogens is 1980 g/mol. The normalized spacial score (nSPS) is 18.0. The second kappa shape index (κ2) is 39.5. The average molecular weight is 2060 g/mol. The summed E-state index contributed by atoms with van der Waals surface area (Å²) in [7, 11) is 0. The fraction of sp³-hybridized carbons (Fsp3) is 0.351. The van der Waals surface area contributed by atoms with Crippen molar-refractivity contribution in [3.8, 4) is 46.0 Å². The molecule has 0 amide bonds. The van der Waals surface area contributed by atoms with Gasteiger partial charge in [-0.25, -0.2) is 33.3 Å². The number of carbonyl (C=O) groups is 2. The van der Waals surface area contributed by atoms with Crippen molar-refractivity contribution in [2.45, 2.75) is 56.8 Å². The summed E-state index contributed by atoms with van der Waals surface area (Å²) >= 11 is 0. The van der Waals surface area contributed by atoms with Gasteiger partial charge in [0.05, 0.1) is 0 Å². The summed E-state index contributed by atoms with van der Waals surface area (Å²) in [5.74, 6) is 6.70. The largest absolute Gasteiger partial charge is 0.468 e. The summed E-state index contributed by atoms with van der Waals surface area (Å²) in [5, 5.41) is 0. The first-order valence-electron chi connectivity index (χ1n) is 32.3. The molecule has 6 aromatic rings. The van der Waals surface area contributed by atoms with Gasteiger partial charge in [-0.05, 0) is 153 Å². The van der Waals surface area contributed by atoms with Gasteiger partial charge < -0.3 is 76.1 Å². The Balaban J connectivity index is 0.00000324. The monoisotopic (exact) mass is 2060 g/mol. The Bertz CT molecular complexity index is 3720. The van der Waals surface area contributed by atoms with Crippen molar-refractivity contribution in [3.63, 3.8) is 0 Å². The van der Waals surface area contributed by atoms with Crippen molar-refractivity contribution >= 4 is 36.2 Å². The topological polar surface area (TPSA) is 200 Å². The van der Waals surface area contributed by atoms with Crippen molar-refractivity contribution < 1.29 is 180 Å². The molecule has 24 heteroatoms. The van der Waals surface area contributed by atoms with Crippen molar-refractivity contribution in [1.82, 2.24) is 0 Å². The number of esters is 2. The first-order chi connectivity index (χ1) is 47.3. The number of ether oxygens (including phenoxy) is 14. The van der Waals surface area contributed by atoms with Gasteiger partial charge in [0.15, 0.2) is 38.7 Å². The molecule has 4 heterocycles. The molecule has 6 aromatic carbocycles. The molecule has 101 heavy (non-hydrogen) atoms. The number of hydrogen-bond donors (Lipinski definition) is 0. The first-order valence-corrected chi connectivity index (χ1v) is 32.3. The molecule has 1 spiro atoms. The number of benzene rings is 6. The fourth-order valence-electron chi connectivity index (χ4n) is 12.1. The van der Waals surface area contributed by atoms with E-state index >= 15 is 0 Å². The maximum atomic E-state index is 14.1. The Morgan fingerprint density at radius 2 is 0.663 bits per heavy atom. The summed E-state index contributed by atoms with van der Waals surface area (Å²) in [6.45, 7) is 16.4.